The van der Waals surface area contributed by atoms with Crippen molar-refractivity contribution in [3.8, 4) is 21.9 Å². The molecule has 0 radical (unpaired) electrons. The first-order valence-corrected chi connectivity index (χ1v) is 8.82. The van der Waals surface area contributed by atoms with Crippen molar-refractivity contribution in [2.45, 2.75) is 6.54 Å². The number of amides is 1. The molecule has 0 spiro atoms. The lowest BCUT2D eigenvalue weighted by molar-refractivity contribution is 0.0942. The molecule has 1 N–H and O–H groups in total. The van der Waals surface area contributed by atoms with Gasteiger partial charge in [0.25, 0.3) is 5.91 Å². The Bertz CT molecular complexity index is 1010. The topological polar surface area (TPSA) is 80.9 Å². The van der Waals surface area contributed by atoms with Crippen LogP contribution in [0.2, 0.25) is 0 Å². The predicted molar refractivity (Wildman–Crippen MR) is 98.5 cm³/mol. The average Bonchev–Trinajstić information content (AvgIpc) is 3.39. The second-order valence-corrected chi connectivity index (χ2v) is 6.48. The van der Waals surface area contributed by atoms with Gasteiger partial charge in [-0.2, -0.15) is 0 Å². The van der Waals surface area contributed by atoms with E-state index in [1.807, 2.05) is 35.7 Å². The lowest BCUT2D eigenvalue weighted by Crippen LogP contribution is -2.23. The molecule has 0 unspecified atom stereocenters. The highest BCUT2D eigenvalue weighted by molar-refractivity contribution is 7.13. The maximum atomic E-state index is 12.3. The number of thiophene rings is 1. The molecule has 0 saturated heterocycles. The smallest absolute Gasteiger partial charge is 0.273 e. The molecule has 0 atom stereocenters. The summed E-state index contributed by atoms with van der Waals surface area (Å²) in [6, 6.07) is 13.1. The minimum Gasteiger partial charge on any atom is -0.355 e. The summed E-state index contributed by atoms with van der Waals surface area (Å²) in [6.07, 6.45) is 5.07. The zero-order valence-electron chi connectivity index (χ0n) is 13.6. The first-order valence-electron chi connectivity index (χ1n) is 7.94. The van der Waals surface area contributed by atoms with Gasteiger partial charge in [0.1, 0.15) is 0 Å². The lowest BCUT2D eigenvalue weighted by Gasteiger charge is -2.04. The molecule has 0 fully saturated rings. The van der Waals surface area contributed by atoms with Gasteiger partial charge < -0.3 is 9.84 Å². The van der Waals surface area contributed by atoms with Gasteiger partial charge in [0.15, 0.2) is 11.5 Å². The van der Waals surface area contributed by atoms with Crippen molar-refractivity contribution in [2.24, 2.45) is 0 Å². The molecule has 0 aromatic carbocycles. The number of nitrogens with one attached hydrogen (secondary N) is 1. The maximum absolute atomic E-state index is 12.3. The zero-order valence-corrected chi connectivity index (χ0v) is 14.4. The van der Waals surface area contributed by atoms with E-state index in [9.17, 15) is 4.79 Å². The van der Waals surface area contributed by atoms with Gasteiger partial charge in [0, 0.05) is 36.8 Å². The Hall–Kier alpha value is -3.32. The Kier molecular flexibility index (Phi) is 4.53. The Morgan fingerprint density at radius 3 is 2.92 bits per heavy atom. The van der Waals surface area contributed by atoms with Gasteiger partial charge in [0.2, 0.25) is 0 Å². The van der Waals surface area contributed by atoms with Crippen molar-refractivity contribution < 1.29 is 9.32 Å². The molecule has 4 rings (SSSR count). The van der Waals surface area contributed by atoms with E-state index >= 15 is 0 Å². The fraction of sp³-hybridized carbons (Fsp3) is 0.0526. The van der Waals surface area contributed by atoms with E-state index in [4.69, 9.17) is 4.52 Å². The summed E-state index contributed by atoms with van der Waals surface area (Å²) in [5.74, 6) is 0.213. The summed E-state index contributed by atoms with van der Waals surface area (Å²) in [6.45, 7) is 0.384. The number of carbonyl (C=O) groups excluding carboxylic acids is 1. The van der Waals surface area contributed by atoms with Crippen molar-refractivity contribution in [2.75, 3.05) is 0 Å². The standard InChI is InChI=1S/C19H14N4O2S/c24-19(16-10-17(25-23-16)14-3-1-6-20-12-14)22-11-13-5-7-21-15(9-13)18-4-2-8-26-18/h1-10,12H,11H2,(H,22,24). The van der Waals surface area contributed by atoms with Crippen LogP contribution in [0.1, 0.15) is 16.1 Å². The molecule has 7 heteroatoms. The molecule has 1 amide bonds. The third-order valence-electron chi connectivity index (χ3n) is 3.74. The van der Waals surface area contributed by atoms with Crippen molar-refractivity contribution in [1.29, 1.82) is 0 Å². The van der Waals surface area contributed by atoms with Crippen LogP contribution in [-0.2, 0) is 6.54 Å². The van der Waals surface area contributed by atoms with Crippen LogP contribution in [0.5, 0.6) is 0 Å². The molecule has 6 nitrogen and oxygen atoms in total. The Morgan fingerprint density at radius 1 is 1.15 bits per heavy atom. The Balaban J connectivity index is 1.43. The number of hydrogen-bond donors (Lipinski definition) is 1. The summed E-state index contributed by atoms with van der Waals surface area (Å²) in [5, 5.41) is 8.70. The third kappa shape index (κ3) is 3.52. The minimum absolute atomic E-state index is 0.233. The van der Waals surface area contributed by atoms with E-state index < -0.39 is 0 Å². The van der Waals surface area contributed by atoms with E-state index in [0.29, 0.717) is 12.3 Å². The van der Waals surface area contributed by atoms with Crippen LogP contribution in [0.4, 0.5) is 0 Å². The van der Waals surface area contributed by atoms with E-state index in [1.54, 1.807) is 42.1 Å². The molecule has 0 saturated carbocycles. The van der Waals surface area contributed by atoms with E-state index in [2.05, 4.69) is 20.4 Å². The molecule has 4 aromatic heterocycles. The second kappa shape index (κ2) is 7.28. The van der Waals surface area contributed by atoms with Gasteiger partial charge in [-0.1, -0.05) is 11.2 Å². The van der Waals surface area contributed by atoms with Crippen LogP contribution in [0.15, 0.2) is 71.0 Å². The lowest BCUT2D eigenvalue weighted by atomic mass is 10.2. The highest BCUT2D eigenvalue weighted by Crippen LogP contribution is 2.23. The number of carbonyl (C=O) groups is 1. The van der Waals surface area contributed by atoms with Gasteiger partial charge in [-0.05, 0) is 41.3 Å². The normalized spacial score (nSPS) is 10.6. The predicted octanol–water partition coefficient (Wildman–Crippen LogP) is 3.79. The van der Waals surface area contributed by atoms with Crippen LogP contribution >= 0.6 is 11.3 Å². The first-order chi connectivity index (χ1) is 12.8. The van der Waals surface area contributed by atoms with E-state index in [1.165, 1.54) is 0 Å². The largest absolute Gasteiger partial charge is 0.355 e. The second-order valence-electron chi connectivity index (χ2n) is 5.53. The molecule has 4 heterocycles. The number of hydrogen-bond acceptors (Lipinski definition) is 6. The SMILES string of the molecule is O=C(NCc1ccnc(-c2cccs2)c1)c1cc(-c2cccnc2)on1. The minimum atomic E-state index is -0.293. The summed E-state index contributed by atoms with van der Waals surface area (Å²) < 4.78 is 5.23. The third-order valence-corrected chi connectivity index (χ3v) is 4.63. The molecule has 0 aliphatic rings. The zero-order chi connectivity index (χ0) is 17.8. The van der Waals surface area contributed by atoms with E-state index in [0.717, 1.165) is 21.7 Å². The van der Waals surface area contributed by atoms with Crippen molar-refractivity contribution in [3.05, 3.63) is 77.7 Å². The Labute approximate surface area is 153 Å². The molecule has 128 valence electrons. The van der Waals surface area contributed by atoms with Gasteiger partial charge in [-0.25, -0.2) is 0 Å². The van der Waals surface area contributed by atoms with Crippen LogP contribution in [0.25, 0.3) is 21.9 Å². The monoisotopic (exact) mass is 362 g/mol. The van der Waals surface area contributed by atoms with Gasteiger partial charge in [-0.15, -0.1) is 11.3 Å². The summed E-state index contributed by atoms with van der Waals surface area (Å²) in [7, 11) is 0. The van der Waals surface area contributed by atoms with Gasteiger partial charge in [-0.3, -0.25) is 14.8 Å². The van der Waals surface area contributed by atoms with E-state index in [-0.39, 0.29) is 11.6 Å². The van der Waals surface area contributed by atoms with Crippen LogP contribution in [-0.4, -0.2) is 21.0 Å². The van der Waals surface area contributed by atoms with Gasteiger partial charge in [0.05, 0.1) is 10.6 Å². The summed E-state index contributed by atoms with van der Waals surface area (Å²) >= 11 is 1.63. The molecule has 26 heavy (non-hydrogen) atoms. The number of aromatic nitrogens is 3. The van der Waals surface area contributed by atoms with Gasteiger partial charge >= 0.3 is 0 Å². The highest BCUT2D eigenvalue weighted by Gasteiger charge is 2.13. The van der Waals surface area contributed by atoms with Crippen LogP contribution < -0.4 is 5.32 Å². The van der Waals surface area contributed by atoms with Crippen molar-refractivity contribution in [3.63, 3.8) is 0 Å². The Morgan fingerprint density at radius 2 is 2.12 bits per heavy atom. The number of rotatable bonds is 5. The van der Waals surface area contributed by atoms with Crippen molar-refractivity contribution >= 4 is 17.2 Å². The summed E-state index contributed by atoms with van der Waals surface area (Å²) in [4.78, 5) is 21.8. The molecule has 0 aliphatic heterocycles. The average molecular weight is 362 g/mol. The van der Waals surface area contributed by atoms with Crippen LogP contribution in [0.3, 0.4) is 0 Å². The molecule has 0 aliphatic carbocycles. The molecule has 0 bridgehead atoms. The van der Waals surface area contributed by atoms with Crippen LogP contribution in [0, 0.1) is 0 Å². The fourth-order valence-corrected chi connectivity index (χ4v) is 3.14. The quantitative estimate of drug-likeness (QED) is 0.584. The maximum Gasteiger partial charge on any atom is 0.273 e. The molecular formula is C19H14N4O2S. The fourth-order valence-electron chi connectivity index (χ4n) is 2.44. The number of pyridine rings is 2. The molecular weight excluding hydrogens is 348 g/mol. The molecule has 4 aromatic rings. The van der Waals surface area contributed by atoms with Crippen molar-refractivity contribution in [1.82, 2.24) is 20.4 Å². The highest BCUT2D eigenvalue weighted by atomic mass is 32.1. The first kappa shape index (κ1) is 16.2. The summed E-state index contributed by atoms with van der Waals surface area (Å²) in [5.41, 5.74) is 2.87. The number of nitrogens with zero attached hydrogens (tertiary/aromatic N) is 3.